The third-order valence-corrected chi connectivity index (χ3v) is 4.78. The van der Waals surface area contributed by atoms with Crippen molar-refractivity contribution in [2.75, 3.05) is 20.2 Å². The van der Waals surface area contributed by atoms with E-state index in [-0.39, 0.29) is 11.4 Å². The lowest BCUT2D eigenvalue weighted by Crippen LogP contribution is -2.43. The van der Waals surface area contributed by atoms with Gasteiger partial charge in [-0.1, -0.05) is 30.7 Å². The van der Waals surface area contributed by atoms with Crippen LogP contribution in [0.3, 0.4) is 0 Å². The predicted octanol–water partition coefficient (Wildman–Crippen LogP) is 2.36. The molecule has 3 rings (SSSR count). The second kappa shape index (κ2) is 4.97. The van der Waals surface area contributed by atoms with Crippen LogP contribution >= 0.6 is 0 Å². The van der Waals surface area contributed by atoms with Crippen LogP contribution in [0.5, 0.6) is 0 Å². The van der Waals surface area contributed by atoms with Gasteiger partial charge in [-0.3, -0.25) is 4.79 Å². The van der Waals surface area contributed by atoms with Crippen LogP contribution in [0.4, 0.5) is 0 Å². The van der Waals surface area contributed by atoms with Crippen molar-refractivity contribution in [1.82, 2.24) is 5.32 Å². The third-order valence-electron chi connectivity index (χ3n) is 4.78. The minimum Gasteiger partial charge on any atom is -0.468 e. The Morgan fingerprint density at radius 1 is 1.32 bits per heavy atom. The Bertz CT molecular complexity index is 456. The summed E-state index contributed by atoms with van der Waals surface area (Å²) in [7, 11) is 1.49. The second-order valence-corrected chi connectivity index (χ2v) is 5.74. The summed E-state index contributed by atoms with van der Waals surface area (Å²) in [6, 6.07) is 8.64. The van der Waals surface area contributed by atoms with Crippen LogP contribution in [0.15, 0.2) is 24.3 Å². The van der Waals surface area contributed by atoms with Gasteiger partial charge >= 0.3 is 5.97 Å². The predicted molar refractivity (Wildman–Crippen MR) is 74.2 cm³/mol. The summed E-state index contributed by atoms with van der Waals surface area (Å²) in [5.74, 6) is 0.554. The molecule has 0 radical (unpaired) electrons. The van der Waals surface area contributed by atoms with E-state index in [0.717, 1.165) is 37.9 Å². The second-order valence-electron chi connectivity index (χ2n) is 5.74. The Morgan fingerprint density at radius 3 is 2.53 bits per heavy atom. The highest BCUT2D eigenvalue weighted by molar-refractivity contribution is 5.84. The van der Waals surface area contributed by atoms with E-state index in [2.05, 4.69) is 29.6 Å². The van der Waals surface area contributed by atoms with Gasteiger partial charge in [0.2, 0.25) is 0 Å². The van der Waals surface area contributed by atoms with E-state index >= 15 is 0 Å². The van der Waals surface area contributed by atoms with Gasteiger partial charge in [0.1, 0.15) is 0 Å². The van der Waals surface area contributed by atoms with Crippen LogP contribution in [0.25, 0.3) is 0 Å². The Balaban J connectivity index is 1.83. The SMILES string of the molecule is COC(=O)C1(c2ccc(C3CCNC3)cc2)CCC1. The summed E-state index contributed by atoms with van der Waals surface area (Å²) in [6.07, 6.45) is 4.17. The topological polar surface area (TPSA) is 38.3 Å². The molecule has 1 saturated heterocycles. The molecule has 2 fully saturated rings. The lowest BCUT2D eigenvalue weighted by Gasteiger charge is -2.39. The summed E-state index contributed by atoms with van der Waals surface area (Å²) in [4.78, 5) is 12.0. The molecule has 1 aromatic rings. The van der Waals surface area contributed by atoms with Crippen molar-refractivity contribution in [2.24, 2.45) is 0 Å². The molecule has 19 heavy (non-hydrogen) atoms. The van der Waals surface area contributed by atoms with E-state index in [1.54, 1.807) is 0 Å². The van der Waals surface area contributed by atoms with Crippen LogP contribution in [0, 0.1) is 0 Å². The van der Waals surface area contributed by atoms with E-state index in [1.165, 1.54) is 19.1 Å². The van der Waals surface area contributed by atoms with Crippen molar-refractivity contribution in [3.05, 3.63) is 35.4 Å². The lowest BCUT2D eigenvalue weighted by molar-refractivity contribution is -0.151. The molecule has 1 aliphatic heterocycles. The average Bonchev–Trinajstić information content (AvgIpc) is 2.92. The van der Waals surface area contributed by atoms with E-state index in [4.69, 9.17) is 4.74 Å². The quantitative estimate of drug-likeness (QED) is 0.847. The molecule has 1 unspecified atom stereocenters. The number of nitrogens with one attached hydrogen (secondary N) is 1. The molecular weight excluding hydrogens is 238 g/mol. The van der Waals surface area contributed by atoms with Gasteiger partial charge in [-0.25, -0.2) is 0 Å². The van der Waals surface area contributed by atoms with Crippen LogP contribution in [0.2, 0.25) is 0 Å². The molecule has 1 aliphatic carbocycles. The molecule has 0 bridgehead atoms. The Morgan fingerprint density at radius 2 is 2.05 bits per heavy atom. The van der Waals surface area contributed by atoms with Crippen molar-refractivity contribution < 1.29 is 9.53 Å². The summed E-state index contributed by atoms with van der Waals surface area (Å²) < 4.78 is 4.99. The minimum atomic E-state index is -0.360. The Hall–Kier alpha value is -1.35. The average molecular weight is 259 g/mol. The number of carbonyl (C=O) groups excluding carboxylic acids is 1. The first-order valence-corrected chi connectivity index (χ1v) is 7.16. The van der Waals surface area contributed by atoms with Crippen molar-refractivity contribution >= 4 is 5.97 Å². The Labute approximate surface area is 114 Å². The molecule has 102 valence electrons. The maximum atomic E-state index is 12.0. The number of carbonyl (C=O) groups is 1. The van der Waals surface area contributed by atoms with Crippen molar-refractivity contribution in [3.8, 4) is 0 Å². The highest BCUT2D eigenvalue weighted by Gasteiger charge is 2.46. The van der Waals surface area contributed by atoms with Crippen molar-refractivity contribution in [2.45, 2.75) is 37.0 Å². The standard InChI is InChI=1S/C16H21NO2/c1-19-15(18)16(8-2-9-16)14-5-3-12(4-6-14)13-7-10-17-11-13/h3-6,13,17H,2,7-11H2,1H3. The van der Waals surface area contributed by atoms with Crippen LogP contribution in [-0.4, -0.2) is 26.2 Å². The number of methoxy groups -OCH3 is 1. The molecule has 1 saturated carbocycles. The number of rotatable bonds is 3. The van der Waals surface area contributed by atoms with E-state index in [0.29, 0.717) is 5.92 Å². The zero-order chi connectivity index (χ0) is 13.3. The molecule has 1 N–H and O–H groups in total. The van der Waals surface area contributed by atoms with Gasteiger partial charge in [0, 0.05) is 6.54 Å². The van der Waals surface area contributed by atoms with Crippen LogP contribution in [0.1, 0.15) is 42.7 Å². The van der Waals surface area contributed by atoms with Gasteiger partial charge in [-0.15, -0.1) is 0 Å². The van der Waals surface area contributed by atoms with E-state index < -0.39 is 0 Å². The molecule has 1 atom stereocenters. The normalized spacial score (nSPS) is 24.8. The smallest absolute Gasteiger partial charge is 0.316 e. The molecule has 1 heterocycles. The monoisotopic (exact) mass is 259 g/mol. The molecule has 0 aromatic heterocycles. The number of hydrogen-bond acceptors (Lipinski definition) is 3. The van der Waals surface area contributed by atoms with E-state index in [1.807, 2.05) is 0 Å². The van der Waals surface area contributed by atoms with Crippen LogP contribution in [-0.2, 0) is 14.9 Å². The van der Waals surface area contributed by atoms with Crippen molar-refractivity contribution in [3.63, 3.8) is 0 Å². The minimum absolute atomic E-state index is 0.0750. The zero-order valence-electron chi connectivity index (χ0n) is 11.4. The maximum Gasteiger partial charge on any atom is 0.316 e. The molecule has 0 spiro atoms. The molecule has 3 heteroatoms. The number of benzene rings is 1. The first kappa shape index (κ1) is 12.7. The van der Waals surface area contributed by atoms with Gasteiger partial charge in [-0.05, 0) is 42.9 Å². The number of hydrogen-bond donors (Lipinski definition) is 1. The first-order chi connectivity index (χ1) is 9.26. The highest BCUT2D eigenvalue weighted by atomic mass is 16.5. The van der Waals surface area contributed by atoms with Crippen molar-refractivity contribution in [1.29, 1.82) is 0 Å². The fourth-order valence-electron chi connectivity index (χ4n) is 3.35. The highest BCUT2D eigenvalue weighted by Crippen LogP contribution is 2.45. The summed E-state index contributed by atoms with van der Waals surface area (Å²) in [5, 5.41) is 3.39. The van der Waals surface area contributed by atoms with Gasteiger partial charge in [0.05, 0.1) is 12.5 Å². The zero-order valence-corrected chi connectivity index (χ0v) is 11.4. The molecule has 1 aromatic carbocycles. The summed E-state index contributed by atoms with van der Waals surface area (Å²) in [5.41, 5.74) is 2.15. The number of ether oxygens (including phenoxy) is 1. The first-order valence-electron chi connectivity index (χ1n) is 7.16. The fourth-order valence-corrected chi connectivity index (χ4v) is 3.35. The summed E-state index contributed by atoms with van der Waals surface area (Å²) in [6.45, 7) is 2.18. The molecule has 0 amide bonds. The maximum absolute atomic E-state index is 12.0. The molecule has 2 aliphatic rings. The molecular formula is C16H21NO2. The van der Waals surface area contributed by atoms with E-state index in [9.17, 15) is 4.79 Å². The molecule has 3 nitrogen and oxygen atoms in total. The van der Waals surface area contributed by atoms with Gasteiger partial charge in [0.15, 0.2) is 0 Å². The Kier molecular flexibility index (Phi) is 3.31. The lowest BCUT2D eigenvalue weighted by atomic mass is 9.64. The van der Waals surface area contributed by atoms with Crippen LogP contribution < -0.4 is 5.32 Å². The van der Waals surface area contributed by atoms with Gasteiger partial charge in [-0.2, -0.15) is 0 Å². The third kappa shape index (κ3) is 2.06. The summed E-state index contributed by atoms with van der Waals surface area (Å²) >= 11 is 0. The largest absolute Gasteiger partial charge is 0.468 e. The number of esters is 1. The fraction of sp³-hybridized carbons (Fsp3) is 0.562. The van der Waals surface area contributed by atoms with Gasteiger partial charge < -0.3 is 10.1 Å². The van der Waals surface area contributed by atoms with Gasteiger partial charge in [0.25, 0.3) is 0 Å².